The minimum atomic E-state index is -0.992. The fraction of sp³-hybridized carbons (Fsp3) is 0.238. The molecule has 0 radical (unpaired) electrons. The highest BCUT2D eigenvalue weighted by Gasteiger charge is 2.42. The Morgan fingerprint density at radius 1 is 1.19 bits per heavy atom. The van der Waals surface area contributed by atoms with E-state index >= 15 is 0 Å². The van der Waals surface area contributed by atoms with E-state index in [1.807, 2.05) is 37.3 Å². The molecule has 5 heteroatoms. The molecule has 1 heterocycles. The molecule has 0 aliphatic carbocycles. The summed E-state index contributed by atoms with van der Waals surface area (Å²) < 4.78 is 4.90. The second-order valence-electron chi connectivity index (χ2n) is 6.80. The highest BCUT2D eigenvalue weighted by atomic mass is 16.5. The van der Waals surface area contributed by atoms with Crippen molar-refractivity contribution in [1.29, 1.82) is 0 Å². The molecule has 1 aliphatic rings. The number of aromatic carboxylic acids is 1. The van der Waals surface area contributed by atoms with Crippen LogP contribution in [0.15, 0.2) is 55.1 Å². The lowest BCUT2D eigenvalue weighted by molar-refractivity contribution is 0.0696. The van der Waals surface area contributed by atoms with Crippen LogP contribution in [-0.4, -0.2) is 30.8 Å². The quantitative estimate of drug-likeness (QED) is 0.890. The zero-order chi connectivity index (χ0) is 18.9. The van der Waals surface area contributed by atoms with Gasteiger partial charge in [-0.05, 0) is 41.3 Å². The molecular weight excluding hydrogens is 330 g/mol. The minimum absolute atomic E-state index is 0.201. The number of nitrogens with zero attached hydrogens (tertiary/aromatic N) is 1. The normalized spacial score (nSPS) is 18.3. The summed E-state index contributed by atoms with van der Waals surface area (Å²) in [6, 6.07) is 14.7. The molecule has 3 rings (SSSR count). The molecule has 2 aromatic carbocycles. The van der Waals surface area contributed by atoms with E-state index in [-0.39, 0.29) is 5.56 Å². The molecule has 0 saturated heterocycles. The smallest absolute Gasteiger partial charge is 0.414 e. The predicted octanol–water partition coefficient (Wildman–Crippen LogP) is 4.33. The average Bonchev–Trinajstić information content (AvgIpc) is 2.94. The zero-order valence-electron chi connectivity index (χ0n) is 14.9. The van der Waals surface area contributed by atoms with Gasteiger partial charge in [-0.3, -0.25) is 4.90 Å². The maximum absolute atomic E-state index is 12.2. The zero-order valence-corrected chi connectivity index (χ0v) is 14.9. The summed E-state index contributed by atoms with van der Waals surface area (Å²) in [4.78, 5) is 25.2. The van der Waals surface area contributed by atoms with Crippen molar-refractivity contribution < 1.29 is 19.4 Å². The monoisotopic (exact) mass is 351 g/mol. The summed E-state index contributed by atoms with van der Waals surface area (Å²) in [5.74, 6) is -0.992. The molecule has 5 nitrogen and oxygen atoms in total. The van der Waals surface area contributed by atoms with E-state index in [9.17, 15) is 14.7 Å². The van der Waals surface area contributed by atoms with E-state index in [2.05, 4.69) is 6.58 Å². The third kappa shape index (κ3) is 3.08. The number of hydrogen-bond acceptors (Lipinski definition) is 3. The van der Waals surface area contributed by atoms with Crippen LogP contribution < -0.4 is 4.90 Å². The number of carbonyl (C=O) groups excluding carboxylic acids is 1. The Morgan fingerprint density at radius 3 is 2.50 bits per heavy atom. The highest BCUT2D eigenvalue weighted by molar-refractivity contribution is 5.94. The van der Waals surface area contributed by atoms with Gasteiger partial charge in [0.15, 0.2) is 0 Å². The van der Waals surface area contributed by atoms with Gasteiger partial charge in [0, 0.05) is 12.0 Å². The van der Waals surface area contributed by atoms with Gasteiger partial charge in [-0.25, -0.2) is 9.59 Å². The molecule has 26 heavy (non-hydrogen) atoms. The second kappa shape index (κ2) is 6.67. The number of methoxy groups -OCH3 is 1. The summed E-state index contributed by atoms with van der Waals surface area (Å²) in [7, 11) is 1.34. The van der Waals surface area contributed by atoms with Crippen LogP contribution in [-0.2, 0) is 10.2 Å². The third-order valence-electron chi connectivity index (χ3n) is 4.87. The Hall–Kier alpha value is -3.08. The molecule has 134 valence electrons. The predicted molar refractivity (Wildman–Crippen MR) is 101 cm³/mol. The topological polar surface area (TPSA) is 66.8 Å². The maximum Gasteiger partial charge on any atom is 0.414 e. The Bertz CT molecular complexity index is 875. The number of carbonyl (C=O) groups is 2. The molecule has 1 N–H and O–H groups in total. The van der Waals surface area contributed by atoms with Gasteiger partial charge >= 0.3 is 12.1 Å². The first-order valence-electron chi connectivity index (χ1n) is 8.32. The number of allylic oxidation sites excluding steroid dienone is 1. The molecule has 0 bridgehead atoms. The van der Waals surface area contributed by atoms with Crippen LogP contribution in [0.3, 0.4) is 0 Å². The number of rotatable bonds is 4. The third-order valence-corrected chi connectivity index (χ3v) is 4.87. The van der Waals surface area contributed by atoms with Crippen molar-refractivity contribution in [3.05, 3.63) is 71.8 Å². The Morgan fingerprint density at radius 2 is 1.88 bits per heavy atom. The van der Waals surface area contributed by atoms with E-state index in [0.717, 1.165) is 16.7 Å². The summed E-state index contributed by atoms with van der Waals surface area (Å²) in [5, 5.41) is 9.34. The van der Waals surface area contributed by atoms with Crippen molar-refractivity contribution in [2.24, 2.45) is 0 Å². The molecule has 0 fully saturated rings. The number of anilines is 1. The first-order chi connectivity index (χ1) is 12.4. The molecule has 1 unspecified atom stereocenters. The van der Waals surface area contributed by atoms with E-state index < -0.39 is 17.5 Å². The number of hydrogen-bond donors (Lipinski definition) is 1. The number of fused-ring (bicyclic) bond motifs is 1. The Labute approximate surface area is 152 Å². The summed E-state index contributed by atoms with van der Waals surface area (Å²) >= 11 is 0. The van der Waals surface area contributed by atoms with Crippen LogP contribution in [0.2, 0.25) is 0 Å². The molecule has 1 atom stereocenters. The fourth-order valence-corrected chi connectivity index (χ4v) is 3.58. The standard InChI is InChI=1S/C21H21NO4/c1-14(15-7-5-4-6-8-15)12-21(2)13-22(20(25)26-3)18-10-9-16(19(23)24)11-17(18)21/h4-11H,1,12-13H2,2-3H3,(H,23,24). The largest absolute Gasteiger partial charge is 0.478 e. The van der Waals surface area contributed by atoms with Crippen molar-refractivity contribution in [2.75, 3.05) is 18.6 Å². The molecule has 0 spiro atoms. The van der Waals surface area contributed by atoms with Crippen LogP contribution in [0.4, 0.5) is 10.5 Å². The van der Waals surface area contributed by atoms with E-state index in [4.69, 9.17) is 4.74 Å². The lowest BCUT2D eigenvalue weighted by Crippen LogP contribution is -2.35. The van der Waals surface area contributed by atoms with Crippen molar-refractivity contribution in [3.8, 4) is 0 Å². The number of amides is 1. The van der Waals surface area contributed by atoms with Crippen LogP contribution in [0.1, 0.15) is 34.8 Å². The molecule has 0 aromatic heterocycles. The average molecular weight is 351 g/mol. The van der Waals surface area contributed by atoms with Gasteiger partial charge in [-0.15, -0.1) is 0 Å². The first kappa shape index (κ1) is 17.7. The van der Waals surface area contributed by atoms with E-state index in [1.54, 1.807) is 17.0 Å². The number of carboxylic acid groups (broad SMARTS) is 1. The van der Waals surface area contributed by atoms with Crippen LogP contribution >= 0.6 is 0 Å². The molecule has 2 aromatic rings. The van der Waals surface area contributed by atoms with Gasteiger partial charge in [0.1, 0.15) is 0 Å². The Balaban J connectivity index is 2.02. The van der Waals surface area contributed by atoms with Gasteiger partial charge < -0.3 is 9.84 Å². The van der Waals surface area contributed by atoms with Gasteiger partial charge in [0.2, 0.25) is 0 Å². The second-order valence-corrected chi connectivity index (χ2v) is 6.80. The molecule has 1 aliphatic heterocycles. The van der Waals surface area contributed by atoms with Crippen LogP contribution in [0.25, 0.3) is 5.57 Å². The lowest BCUT2D eigenvalue weighted by atomic mass is 9.77. The van der Waals surface area contributed by atoms with Crippen molar-refractivity contribution in [2.45, 2.75) is 18.8 Å². The summed E-state index contributed by atoms with van der Waals surface area (Å²) in [6.07, 6.45) is 0.143. The summed E-state index contributed by atoms with van der Waals surface area (Å²) in [5.41, 5.74) is 3.21. The Kier molecular flexibility index (Phi) is 4.55. The maximum atomic E-state index is 12.2. The van der Waals surface area contributed by atoms with Gasteiger partial charge in [-0.1, -0.05) is 43.8 Å². The molecule has 0 saturated carbocycles. The SMILES string of the molecule is C=C(CC1(C)CN(C(=O)OC)c2ccc(C(=O)O)cc21)c1ccccc1. The van der Waals surface area contributed by atoms with Crippen molar-refractivity contribution in [1.82, 2.24) is 0 Å². The lowest BCUT2D eigenvalue weighted by Gasteiger charge is -2.26. The van der Waals surface area contributed by atoms with Crippen LogP contribution in [0, 0.1) is 0 Å². The molecule has 1 amide bonds. The number of ether oxygens (including phenoxy) is 1. The molecular formula is C21H21NO4. The fourth-order valence-electron chi connectivity index (χ4n) is 3.58. The van der Waals surface area contributed by atoms with Gasteiger partial charge in [0.25, 0.3) is 0 Å². The van der Waals surface area contributed by atoms with E-state index in [1.165, 1.54) is 13.2 Å². The van der Waals surface area contributed by atoms with Crippen molar-refractivity contribution in [3.63, 3.8) is 0 Å². The van der Waals surface area contributed by atoms with Crippen LogP contribution in [0.5, 0.6) is 0 Å². The van der Waals surface area contributed by atoms with Gasteiger partial charge in [0.05, 0.1) is 18.4 Å². The first-order valence-corrected chi connectivity index (χ1v) is 8.32. The number of benzene rings is 2. The van der Waals surface area contributed by atoms with Gasteiger partial charge in [-0.2, -0.15) is 0 Å². The highest BCUT2D eigenvalue weighted by Crippen LogP contribution is 2.46. The van der Waals surface area contributed by atoms with E-state index in [0.29, 0.717) is 18.7 Å². The summed E-state index contributed by atoms with van der Waals surface area (Å²) in [6.45, 7) is 6.63. The minimum Gasteiger partial charge on any atom is -0.478 e. The van der Waals surface area contributed by atoms with Crippen molar-refractivity contribution >= 4 is 23.3 Å². The number of carboxylic acids is 1.